The summed E-state index contributed by atoms with van der Waals surface area (Å²) >= 11 is 1.27. The largest absolute Gasteiger partial charge is 0.493 e. The highest BCUT2D eigenvalue weighted by Gasteiger charge is 2.55. The first kappa shape index (κ1) is 18.4. The van der Waals surface area contributed by atoms with E-state index < -0.39 is 29.9 Å². The van der Waals surface area contributed by atoms with Crippen LogP contribution in [-0.4, -0.2) is 46.1 Å². The highest BCUT2D eigenvalue weighted by atomic mass is 32.1. The molecule has 146 valence electrons. The van der Waals surface area contributed by atoms with Crippen molar-refractivity contribution in [1.82, 2.24) is 20.4 Å². The van der Waals surface area contributed by atoms with Crippen molar-refractivity contribution in [1.29, 1.82) is 0 Å². The SMILES string of the molecule is CC(C)c1nnc(NC(=O)CN2C(=O)NC3(CCOc4ccccc43)C2=O)s1. The van der Waals surface area contributed by atoms with Gasteiger partial charge in [-0.3, -0.25) is 19.8 Å². The van der Waals surface area contributed by atoms with E-state index in [4.69, 9.17) is 4.74 Å². The molecule has 1 unspecified atom stereocenters. The first-order valence-electron chi connectivity index (χ1n) is 8.90. The lowest BCUT2D eigenvalue weighted by molar-refractivity contribution is -0.135. The maximum atomic E-state index is 13.1. The normalized spacial score (nSPS) is 20.9. The number of urea groups is 1. The van der Waals surface area contributed by atoms with E-state index >= 15 is 0 Å². The zero-order valence-electron chi connectivity index (χ0n) is 15.4. The van der Waals surface area contributed by atoms with Gasteiger partial charge in [0.25, 0.3) is 5.91 Å². The van der Waals surface area contributed by atoms with Gasteiger partial charge in [-0.2, -0.15) is 0 Å². The molecule has 1 saturated heterocycles. The van der Waals surface area contributed by atoms with E-state index in [2.05, 4.69) is 20.8 Å². The van der Waals surface area contributed by atoms with Crippen LogP contribution in [-0.2, 0) is 15.1 Å². The van der Waals surface area contributed by atoms with E-state index in [9.17, 15) is 14.4 Å². The summed E-state index contributed by atoms with van der Waals surface area (Å²) in [7, 11) is 0. The Morgan fingerprint density at radius 1 is 1.36 bits per heavy atom. The van der Waals surface area contributed by atoms with Gasteiger partial charge in [0.1, 0.15) is 17.3 Å². The zero-order chi connectivity index (χ0) is 19.9. The highest BCUT2D eigenvalue weighted by molar-refractivity contribution is 7.15. The minimum atomic E-state index is -1.19. The van der Waals surface area contributed by atoms with Crippen LogP contribution < -0.4 is 15.4 Å². The van der Waals surface area contributed by atoms with Crippen LogP contribution in [0.15, 0.2) is 24.3 Å². The lowest BCUT2D eigenvalue weighted by Crippen LogP contribution is -2.48. The Morgan fingerprint density at radius 3 is 2.89 bits per heavy atom. The number of amides is 4. The quantitative estimate of drug-likeness (QED) is 0.756. The Hall–Kier alpha value is -3.01. The van der Waals surface area contributed by atoms with Crippen molar-refractivity contribution < 1.29 is 19.1 Å². The van der Waals surface area contributed by atoms with Gasteiger partial charge in [-0.1, -0.05) is 43.4 Å². The molecule has 2 aromatic rings. The molecular formula is C18H19N5O4S. The Kier molecular flexibility index (Phi) is 4.50. The first-order chi connectivity index (χ1) is 13.4. The Morgan fingerprint density at radius 2 is 2.14 bits per heavy atom. The van der Waals surface area contributed by atoms with Crippen molar-refractivity contribution in [3.8, 4) is 5.75 Å². The molecule has 1 aromatic carbocycles. The molecule has 2 aliphatic rings. The van der Waals surface area contributed by atoms with Gasteiger partial charge in [-0.15, -0.1) is 10.2 Å². The number of fused-ring (bicyclic) bond motifs is 2. The fraction of sp³-hybridized carbons (Fsp3) is 0.389. The summed E-state index contributed by atoms with van der Waals surface area (Å²) < 4.78 is 5.60. The van der Waals surface area contributed by atoms with Gasteiger partial charge < -0.3 is 10.1 Å². The van der Waals surface area contributed by atoms with Crippen molar-refractivity contribution in [2.24, 2.45) is 0 Å². The number of ether oxygens (including phenoxy) is 1. The molecule has 1 atom stereocenters. The molecule has 1 aromatic heterocycles. The van der Waals surface area contributed by atoms with Crippen LogP contribution in [0.1, 0.15) is 36.8 Å². The average molecular weight is 401 g/mol. The molecule has 2 N–H and O–H groups in total. The molecule has 2 aliphatic heterocycles. The van der Waals surface area contributed by atoms with E-state index in [1.165, 1.54) is 11.3 Å². The van der Waals surface area contributed by atoms with Crippen molar-refractivity contribution in [3.63, 3.8) is 0 Å². The van der Waals surface area contributed by atoms with Crippen LogP contribution in [0.3, 0.4) is 0 Å². The van der Waals surface area contributed by atoms with E-state index in [1.54, 1.807) is 24.3 Å². The van der Waals surface area contributed by atoms with E-state index in [0.29, 0.717) is 29.5 Å². The second kappa shape index (κ2) is 6.86. The van der Waals surface area contributed by atoms with E-state index in [-0.39, 0.29) is 5.92 Å². The predicted octanol–water partition coefficient (Wildman–Crippen LogP) is 1.83. The number of benzene rings is 1. The third-order valence-electron chi connectivity index (χ3n) is 4.74. The lowest BCUT2D eigenvalue weighted by atomic mass is 9.84. The predicted molar refractivity (Wildman–Crippen MR) is 101 cm³/mol. The van der Waals surface area contributed by atoms with Crippen molar-refractivity contribution in [3.05, 3.63) is 34.8 Å². The number of aromatic nitrogens is 2. The highest BCUT2D eigenvalue weighted by Crippen LogP contribution is 2.40. The fourth-order valence-corrected chi connectivity index (χ4v) is 4.10. The van der Waals surface area contributed by atoms with Crippen LogP contribution in [0.2, 0.25) is 0 Å². The van der Waals surface area contributed by atoms with Crippen molar-refractivity contribution in [2.45, 2.75) is 31.7 Å². The zero-order valence-corrected chi connectivity index (χ0v) is 16.2. The average Bonchev–Trinajstić information content (AvgIpc) is 3.22. The summed E-state index contributed by atoms with van der Waals surface area (Å²) in [6, 6.07) is 6.50. The minimum Gasteiger partial charge on any atom is -0.493 e. The number of imide groups is 1. The van der Waals surface area contributed by atoms with Crippen LogP contribution in [0, 0.1) is 0 Å². The topological polar surface area (TPSA) is 114 Å². The third-order valence-corrected chi connectivity index (χ3v) is 5.88. The van der Waals surface area contributed by atoms with E-state index in [0.717, 1.165) is 9.91 Å². The van der Waals surface area contributed by atoms with Crippen LogP contribution in [0.4, 0.5) is 9.93 Å². The monoisotopic (exact) mass is 401 g/mol. The van der Waals surface area contributed by atoms with Gasteiger partial charge in [0.2, 0.25) is 11.0 Å². The summed E-state index contributed by atoms with van der Waals surface area (Å²) in [5.41, 5.74) is -0.590. The van der Waals surface area contributed by atoms with Gasteiger partial charge in [-0.25, -0.2) is 4.79 Å². The lowest BCUT2D eigenvalue weighted by Gasteiger charge is -2.33. The third kappa shape index (κ3) is 2.99. The van der Waals surface area contributed by atoms with E-state index in [1.807, 2.05) is 13.8 Å². The molecule has 9 nitrogen and oxygen atoms in total. The molecule has 10 heteroatoms. The molecule has 0 bridgehead atoms. The Balaban J connectivity index is 1.51. The van der Waals surface area contributed by atoms with Gasteiger partial charge >= 0.3 is 6.03 Å². The number of anilines is 1. The van der Waals surface area contributed by atoms with Gasteiger partial charge in [0, 0.05) is 17.9 Å². The number of carbonyl (C=O) groups excluding carboxylic acids is 3. The van der Waals surface area contributed by atoms with Gasteiger partial charge in [0.15, 0.2) is 5.54 Å². The summed E-state index contributed by atoms with van der Waals surface area (Å²) in [6.45, 7) is 3.85. The first-order valence-corrected chi connectivity index (χ1v) is 9.72. The molecule has 0 radical (unpaired) electrons. The number of nitrogens with one attached hydrogen (secondary N) is 2. The molecule has 0 aliphatic carbocycles. The second-order valence-corrected chi connectivity index (χ2v) is 7.98. The fourth-order valence-electron chi connectivity index (χ4n) is 3.34. The summed E-state index contributed by atoms with van der Waals surface area (Å²) in [4.78, 5) is 38.9. The molecule has 0 saturated carbocycles. The molecule has 4 rings (SSSR count). The van der Waals surface area contributed by atoms with Crippen molar-refractivity contribution in [2.75, 3.05) is 18.5 Å². The number of rotatable bonds is 4. The summed E-state index contributed by atoms with van der Waals surface area (Å²) in [6.07, 6.45) is 0.306. The molecular weight excluding hydrogens is 382 g/mol. The molecule has 28 heavy (non-hydrogen) atoms. The molecule has 1 spiro atoms. The number of nitrogens with zero attached hydrogens (tertiary/aromatic N) is 3. The maximum absolute atomic E-state index is 13.1. The summed E-state index contributed by atoms with van der Waals surface area (Å²) in [5.74, 6) is -0.206. The second-order valence-electron chi connectivity index (χ2n) is 6.97. The number of para-hydroxylation sites is 1. The van der Waals surface area contributed by atoms with Crippen LogP contribution >= 0.6 is 11.3 Å². The summed E-state index contributed by atoms with van der Waals surface area (Å²) in [5, 5.41) is 14.4. The van der Waals surface area contributed by atoms with Crippen LogP contribution in [0.25, 0.3) is 0 Å². The molecule has 1 fully saturated rings. The Bertz CT molecular complexity index is 959. The maximum Gasteiger partial charge on any atom is 0.325 e. The van der Waals surface area contributed by atoms with Gasteiger partial charge in [-0.05, 0) is 6.07 Å². The number of hydrogen-bond acceptors (Lipinski definition) is 7. The van der Waals surface area contributed by atoms with Crippen molar-refractivity contribution >= 4 is 34.3 Å². The minimum absolute atomic E-state index is 0.197. The van der Waals surface area contributed by atoms with Crippen LogP contribution in [0.5, 0.6) is 5.75 Å². The Labute approximate surface area is 165 Å². The smallest absolute Gasteiger partial charge is 0.325 e. The standard InChI is InChI=1S/C18H19N5O4S/c1-10(2)14-21-22-16(28-14)19-13(24)9-23-15(25)18(20-17(23)26)7-8-27-12-6-4-3-5-11(12)18/h3-6,10H,7-9H2,1-2H3,(H,20,26)(H,19,22,24). The number of carbonyl (C=O) groups is 3. The molecule has 3 heterocycles. The molecule has 4 amide bonds. The van der Waals surface area contributed by atoms with Gasteiger partial charge in [0.05, 0.1) is 6.61 Å². The number of hydrogen-bond donors (Lipinski definition) is 2.